The number of nitro groups is 1. The highest BCUT2D eigenvalue weighted by molar-refractivity contribution is 9.10. The van der Waals surface area contributed by atoms with Crippen LogP contribution in [0, 0.1) is 15.9 Å². The maximum absolute atomic E-state index is 13.4. The van der Waals surface area contributed by atoms with Gasteiger partial charge < -0.3 is 4.74 Å². The fourth-order valence-corrected chi connectivity index (χ4v) is 2.48. The number of benzene rings is 2. The van der Waals surface area contributed by atoms with Crippen molar-refractivity contribution in [2.75, 3.05) is 0 Å². The number of halogens is 4. The van der Waals surface area contributed by atoms with Crippen molar-refractivity contribution in [3.63, 3.8) is 0 Å². The van der Waals surface area contributed by atoms with Gasteiger partial charge in [0.15, 0.2) is 0 Å². The second-order valence-electron chi connectivity index (χ2n) is 4.02. The van der Waals surface area contributed by atoms with E-state index in [1.54, 1.807) is 0 Å². The van der Waals surface area contributed by atoms with Crippen LogP contribution in [0.5, 0.6) is 5.75 Å². The fourth-order valence-electron chi connectivity index (χ4n) is 1.56. The lowest BCUT2D eigenvalue weighted by Gasteiger charge is -2.10. The van der Waals surface area contributed by atoms with E-state index >= 15 is 0 Å². The first-order valence-electron chi connectivity index (χ1n) is 5.58. The minimum atomic E-state index is -0.625. The van der Waals surface area contributed by atoms with Crippen molar-refractivity contribution < 1.29 is 14.1 Å². The van der Waals surface area contributed by atoms with Crippen LogP contribution in [0.1, 0.15) is 5.56 Å². The van der Waals surface area contributed by atoms with Crippen LogP contribution in [0.25, 0.3) is 0 Å². The van der Waals surface area contributed by atoms with Gasteiger partial charge in [0, 0.05) is 28.8 Å². The molecule has 4 nitrogen and oxygen atoms in total. The van der Waals surface area contributed by atoms with Crippen molar-refractivity contribution in [3.05, 3.63) is 66.3 Å². The van der Waals surface area contributed by atoms with Gasteiger partial charge in [0.05, 0.1) is 14.4 Å². The van der Waals surface area contributed by atoms with Gasteiger partial charge in [-0.05, 0) is 28.1 Å². The number of ether oxygens (including phenoxy) is 1. The largest absolute Gasteiger partial charge is 0.488 e. The van der Waals surface area contributed by atoms with Crippen LogP contribution in [0.15, 0.2) is 34.8 Å². The predicted molar refractivity (Wildman–Crippen MR) is 81.5 cm³/mol. The van der Waals surface area contributed by atoms with Gasteiger partial charge in [-0.3, -0.25) is 10.1 Å². The van der Waals surface area contributed by atoms with E-state index in [1.165, 1.54) is 24.3 Å². The number of rotatable bonds is 4. The topological polar surface area (TPSA) is 52.4 Å². The summed E-state index contributed by atoms with van der Waals surface area (Å²) in [5.41, 5.74) is 0.326. The molecule has 0 atom stereocenters. The second-order valence-corrected chi connectivity index (χ2v) is 5.69. The predicted octanol–water partition coefficient (Wildman–Crippen LogP) is 5.38. The molecule has 0 saturated carbocycles. The highest BCUT2D eigenvalue weighted by Crippen LogP contribution is 2.32. The molecule has 0 amide bonds. The summed E-state index contributed by atoms with van der Waals surface area (Å²) in [5.74, 6) is -0.403. The average molecular weight is 395 g/mol. The molecule has 110 valence electrons. The molecular formula is C13H7BrCl2FNO3. The molecular weight excluding hydrogens is 388 g/mol. The van der Waals surface area contributed by atoms with Crippen LogP contribution in [0.4, 0.5) is 10.1 Å². The maximum atomic E-state index is 13.4. The lowest BCUT2D eigenvalue weighted by Crippen LogP contribution is -1.99. The monoisotopic (exact) mass is 393 g/mol. The Morgan fingerprint density at radius 2 is 1.95 bits per heavy atom. The van der Waals surface area contributed by atoms with Crippen molar-refractivity contribution >= 4 is 44.8 Å². The fraction of sp³-hybridized carbons (Fsp3) is 0.0769. The van der Waals surface area contributed by atoms with Gasteiger partial charge in [0.1, 0.15) is 18.2 Å². The molecule has 0 N–H and O–H groups in total. The first-order chi connectivity index (χ1) is 9.88. The molecule has 0 aliphatic heterocycles. The van der Waals surface area contributed by atoms with Crippen LogP contribution < -0.4 is 4.74 Å². The summed E-state index contributed by atoms with van der Waals surface area (Å²) in [7, 11) is 0. The summed E-state index contributed by atoms with van der Waals surface area (Å²) in [6, 6.07) is 6.50. The summed E-state index contributed by atoms with van der Waals surface area (Å²) < 4.78 is 19.3. The Balaban J connectivity index is 2.22. The molecule has 0 saturated heterocycles. The number of nitro benzene ring substituents is 1. The van der Waals surface area contributed by atoms with Gasteiger partial charge in [0.2, 0.25) is 0 Å². The molecule has 2 aromatic rings. The molecule has 0 aliphatic carbocycles. The van der Waals surface area contributed by atoms with Crippen molar-refractivity contribution in [1.29, 1.82) is 0 Å². The minimum absolute atomic E-state index is 0.0393. The van der Waals surface area contributed by atoms with E-state index in [1.807, 2.05) is 0 Å². The third-order valence-corrected chi connectivity index (χ3v) is 3.88. The molecule has 8 heteroatoms. The Bertz CT molecular complexity index is 712. The summed E-state index contributed by atoms with van der Waals surface area (Å²) in [5, 5.41) is 11.0. The normalized spacial score (nSPS) is 10.5. The van der Waals surface area contributed by atoms with Crippen molar-refractivity contribution in [3.8, 4) is 5.75 Å². The Morgan fingerprint density at radius 1 is 1.24 bits per heavy atom. The smallest absolute Gasteiger partial charge is 0.269 e. The molecule has 0 aromatic heterocycles. The Hall–Kier alpha value is -1.37. The van der Waals surface area contributed by atoms with Gasteiger partial charge >= 0.3 is 0 Å². The van der Waals surface area contributed by atoms with E-state index in [4.69, 9.17) is 27.9 Å². The third-order valence-electron chi connectivity index (χ3n) is 2.60. The van der Waals surface area contributed by atoms with Crippen molar-refractivity contribution in [1.82, 2.24) is 0 Å². The summed E-state index contributed by atoms with van der Waals surface area (Å²) in [6.45, 7) is -0.0415. The molecule has 0 aliphatic rings. The van der Waals surface area contributed by atoms with Crippen LogP contribution in [0.3, 0.4) is 0 Å². The summed E-state index contributed by atoms with van der Waals surface area (Å²) in [6.07, 6.45) is 0. The quantitative estimate of drug-likeness (QED) is 0.397. The molecule has 0 unspecified atom stereocenters. The number of hydrogen-bond acceptors (Lipinski definition) is 3. The first-order valence-corrected chi connectivity index (χ1v) is 7.13. The number of non-ortho nitro benzene ring substituents is 1. The number of nitrogens with zero attached hydrogens (tertiary/aromatic N) is 1. The molecule has 21 heavy (non-hydrogen) atoms. The van der Waals surface area contributed by atoms with Crippen molar-refractivity contribution in [2.45, 2.75) is 6.61 Å². The Morgan fingerprint density at radius 3 is 2.62 bits per heavy atom. The summed E-state index contributed by atoms with van der Waals surface area (Å²) >= 11 is 14.8. The number of hydrogen-bond donors (Lipinski definition) is 0. The zero-order valence-corrected chi connectivity index (χ0v) is 13.4. The van der Waals surface area contributed by atoms with Gasteiger partial charge in [-0.1, -0.05) is 23.2 Å². The van der Waals surface area contributed by atoms with E-state index in [0.29, 0.717) is 15.1 Å². The Labute approximate surface area is 137 Å². The summed E-state index contributed by atoms with van der Waals surface area (Å²) in [4.78, 5) is 10.2. The van der Waals surface area contributed by atoms with E-state index in [-0.39, 0.29) is 23.1 Å². The second kappa shape index (κ2) is 6.60. The maximum Gasteiger partial charge on any atom is 0.269 e. The van der Waals surface area contributed by atoms with E-state index in [0.717, 1.165) is 6.07 Å². The Kier molecular flexibility index (Phi) is 5.03. The molecule has 0 spiro atoms. The van der Waals surface area contributed by atoms with E-state index in [9.17, 15) is 14.5 Å². The van der Waals surface area contributed by atoms with Gasteiger partial charge in [0.25, 0.3) is 5.69 Å². The minimum Gasteiger partial charge on any atom is -0.488 e. The standard InChI is InChI=1S/C13H7BrCl2FNO3/c14-9-4-11(16)12(17)5-13(9)21-6-7-3-8(18(19)20)1-2-10(7)15/h1-5H,6H2. The lowest BCUT2D eigenvalue weighted by atomic mass is 10.2. The highest BCUT2D eigenvalue weighted by atomic mass is 79.9. The van der Waals surface area contributed by atoms with Crippen LogP contribution >= 0.6 is 39.1 Å². The van der Waals surface area contributed by atoms with Gasteiger partial charge in [-0.2, -0.15) is 0 Å². The lowest BCUT2D eigenvalue weighted by molar-refractivity contribution is -0.384. The molecule has 0 bridgehead atoms. The van der Waals surface area contributed by atoms with Gasteiger partial charge in [-0.25, -0.2) is 4.39 Å². The molecule has 2 aromatic carbocycles. The van der Waals surface area contributed by atoms with Gasteiger partial charge in [-0.15, -0.1) is 0 Å². The zero-order chi connectivity index (χ0) is 15.6. The van der Waals surface area contributed by atoms with E-state index < -0.39 is 10.7 Å². The molecule has 2 rings (SSSR count). The SMILES string of the molecule is O=[N+]([O-])c1ccc(Cl)c(COc2cc(F)c(Cl)cc2Br)c1. The van der Waals surface area contributed by atoms with Crippen LogP contribution in [-0.4, -0.2) is 4.92 Å². The third kappa shape index (κ3) is 3.84. The van der Waals surface area contributed by atoms with Crippen LogP contribution in [0.2, 0.25) is 10.0 Å². The molecule has 0 heterocycles. The van der Waals surface area contributed by atoms with Crippen LogP contribution in [-0.2, 0) is 6.61 Å². The highest BCUT2D eigenvalue weighted by Gasteiger charge is 2.12. The molecule has 0 radical (unpaired) electrons. The van der Waals surface area contributed by atoms with Crippen molar-refractivity contribution in [2.24, 2.45) is 0 Å². The average Bonchev–Trinajstić information content (AvgIpc) is 2.42. The molecule has 0 fully saturated rings. The first kappa shape index (κ1) is 16.0. The van der Waals surface area contributed by atoms with E-state index in [2.05, 4.69) is 15.9 Å². The zero-order valence-electron chi connectivity index (χ0n) is 10.3.